The van der Waals surface area contributed by atoms with Crippen LogP contribution in [0.25, 0.3) is 0 Å². The normalized spacial score (nSPS) is 20.8. The molecule has 1 aliphatic heterocycles. The Bertz CT molecular complexity index is 361. The third kappa shape index (κ3) is 8.74. The van der Waals surface area contributed by atoms with Gasteiger partial charge in [0.25, 0.3) is 0 Å². The Morgan fingerprint density at radius 1 is 0.679 bits per heavy atom. The lowest BCUT2D eigenvalue weighted by atomic mass is 9.86. The van der Waals surface area contributed by atoms with Crippen LogP contribution >= 0.6 is 0 Å². The zero-order chi connectivity index (χ0) is 20.8. The van der Waals surface area contributed by atoms with Gasteiger partial charge in [-0.25, -0.2) is 0 Å². The first-order valence-corrected chi connectivity index (χ1v) is 13.0. The minimum absolute atomic E-state index is 0.432. The van der Waals surface area contributed by atoms with Crippen molar-refractivity contribution in [2.75, 3.05) is 26.2 Å². The van der Waals surface area contributed by atoms with Gasteiger partial charge >= 0.3 is 0 Å². The summed E-state index contributed by atoms with van der Waals surface area (Å²) in [5, 5.41) is 0. The first kappa shape index (κ1) is 26.0. The highest BCUT2D eigenvalue weighted by molar-refractivity contribution is 4.91. The lowest BCUT2D eigenvalue weighted by molar-refractivity contribution is 0.00281. The maximum Gasteiger partial charge on any atom is 0.0182 e. The molecule has 2 nitrogen and oxygen atoms in total. The molecule has 1 heterocycles. The molecule has 168 valence electrons. The van der Waals surface area contributed by atoms with Gasteiger partial charge in [-0.2, -0.15) is 0 Å². The van der Waals surface area contributed by atoms with Crippen LogP contribution in [0.5, 0.6) is 0 Å². The van der Waals surface area contributed by atoms with Gasteiger partial charge in [0.1, 0.15) is 0 Å². The van der Waals surface area contributed by atoms with Crippen LogP contribution < -0.4 is 0 Å². The molecule has 0 bridgehead atoms. The quantitative estimate of drug-likeness (QED) is 0.250. The van der Waals surface area contributed by atoms with E-state index in [1.165, 1.54) is 110 Å². The van der Waals surface area contributed by atoms with Gasteiger partial charge in [0.05, 0.1) is 0 Å². The Labute approximate surface area is 178 Å². The highest BCUT2D eigenvalue weighted by atomic mass is 15.3. The fourth-order valence-electron chi connectivity index (χ4n) is 5.47. The third-order valence-electron chi connectivity index (χ3n) is 7.43. The molecule has 0 aromatic heterocycles. The molecule has 1 rings (SSSR count). The van der Waals surface area contributed by atoms with Crippen molar-refractivity contribution in [3.05, 3.63) is 0 Å². The highest BCUT2D eigenvalue weighted by Crippen LogP contribution is 2.31. The van der Waals surface area contributed by atoms with E-state index in [0.717, 1.165) is 12.0 Å². The topological polar surface area (TPSA) is 6.48 Å². The van der Waals surface area contributed by atoms with Crippen LogP contribution in [0, 0.1) is 5.92 Å². The second-order valence-corrected chi connectivity index (χ2v) is 9.91. The molecule has 1 fully saturated rings. The number of hydrogen-bond acceptors (Lipinski definition) is 2. The summed E-state index contributed by atoms with van der Waals surface area (Å²) in [5.41, 5.74) is 0.432. The van der Waals surface area contributed by atoms with Gasteiger partial charge in [-0.15, -0.1) is 0 Å². The van der Waals surface area contributed by atoms with Crippen LogP contribution in [0.2, 0.25) is 0 Å². The lowest BCUT2D eigenvalue weighted by Crippen LogP contribution is -2.58. The lowest BCUT2D eigenvalue weighted by Gasteiger charge is -2.49. The van der Waals surface area contributed by atoms with E-state index in [4.69, 9.17) is 0 Å². The highest BCUT2D eigenvalue weighted by Gasteiger charge is 2.35. The summed E-state index contributed by atoms with van der Waals surface area (Å²) in [7, 11) is 0. The predicted octanol–water partition coefficient (Wildman–Crippen LogP) is 7.52. The van der Waals surface area contributed by atoms with Crippen molar-refractivity contribution in [1.82, 2.24) is 9.80 Å². The van der Waals surface area contributed by atoms with Gasteiger partial charge in [-0.1, -0.05) is 92.4 Å². The van der Waals surface area contributed by atoms with Gasteiger partial charge < -0.3 is 0 Å². The first-order valence-electron chi connectivity index (χ1n) is 13.0. The van der Waals surface area contributed by atoms with Crippen LogP contribution in [0.1, 0.15) is 125 Å². The Hall–Kier alpha value is -0.0800. The van der Waals surface area contributed by atoms with Gasteiger partial charge in [0.2, 0.25) is 0 Å². The molecule has 0 radical (unpaired) electrons. The molecule has 1 saturated heterocycles. The summed E-state index contributed by atoms with van der Waals surface area (Å²) in [6.45, 7) is 19.6. The molecular formula is C26H54N2. The molecule has 0 spiro atoms. The monoisotopic (exact) mass is 394 g/mol. The van der Waals surface area contributed by atoms with Crippen molar-refractivity contribution in [2.45, 2.75) is 137 Å². The molecule has 0 aromatic rings. The van der Waals surface area contributed by atoms with E-state index in [9.17, 15) is 0 Å². The fraction of sp³-hybridized carbons (Fsp3) is 1.00. The molecule has 2 heteroatoms. The maximum absolute atomic E-state index is 2.88. The summed E-state index contributed by atoms with van der Waals surface area (Å²) < 4.78 is 0. The molecule has 3 atom stereocenters. The second-order valence-electron chi connectivity index (χ2n) is 9.91. The molecule has 28 heavy (non-hydrogen) atoms. The van der Waals surface area contributed by atoms with Gasteiger partial charge in [-0.3, -0.25) is 9.80 Å². The number of unbranched alkanes of at least 4 members (excludes halogenated alkanes) is 5. The van der Waals surface area contributed by atoms with Crippen molar-refractivity contribution >= 4 is 0 Å². The van der Waals surface area contributed by atoms with Gasteiger partial charge in [0.15, 0.2) is 0 Å². The van der Waals surface area contributed by atoms with Crippen molar-refractivity contribution in [3.63, 3.8) is 0 Å². The predicted molar refractivity (Wildman–Crippen MR) is 127 cm³/mol. The van der Waals surface area contributed by atoms with E-state index in [1.807, 2.05) is 0 Å². The minimum atomic E-state index is 0.432. The smallest absolute Gasteiger partial charge is 0.0182 e. The third-order valence-corrected chi connectivity index (χ3v) is 7.43. The van der Waals surface area contributed by atoms with Crippen LogP contribution in [-0.2, 0) is 0 Å². The van der Waals surface area contributed by atoms with Crippen LogP contribution in [-0.4, -0.2) is 47.6 Å². The SMILES string of the molecule is CCCCCC(C)C(CCCCC)N1CCN(C(C)(CCC)CCCC)CC1. The summed E-state index contributed by atoms with van der Waals surface area (Å²) in [4.78, 5) is 5.74. The molecule has 0 N–H and O–H groups in total. The van der Waals surface area contributed by atoms with E-state index in [0.29, 0.717) is 5.54 Å². The second kappa shape index (κ2) is 14.8. The molecule has 0 aliphatic carbocycles. The zero-order valence-corrected chi connectivity index (χ0v) is 20.6. The maximum atomic E-state index is 2.88. The number of rotatable bonds is 16. The van der Waals surface area contributed by atoms with E-state index < -0.39 is 0 Å². The van der Waals surface area contributed by atoms with E-state index >= 15 is 0 Å². The molecule has 3 unspecified atom stereocenters. The average molecular weight is 395 g/mol. The zero-order valence-electron chi connectivity index (χ0n) is 20.6. The van der Waals surface area contributed by atoms with Crippen molar-refractivity contribution in [3.8, 4) is 0 Å². The van der Waals surface area contributed by atoms with Gasteiger partial charge in [0, 0.05) is 37.8 Å². The number of nitrogens with zero attached hydrogens (tertiary/aromatic N) is 2. The van der Waals surface area contributed by atoms with Crippen LogP contribution in [0.4, 0.5) is 0 Å². The minimum Gasteiger partial charge on any atom is -0.298 e. The number of hydrogen-bond donors (Lipinski definition) is 0. The Kier molecular flexibility index (Phi) is 13.7. The van der Waals surface area contributed by atoms with Crippen LogP contribution in [0.3, 0.4) is 0 Å². The molecule has 0 aromatic carbocycles. The van der Waals surface area contributed by atoms with Gasteiger partial charge in [-0.05, 0) is 38.5 Å². The first-order chi connectivity index (χ1) is 13.5. The molecule has 1 aliphatic rings. The summed E-state index contributed by atoms with van der Waals surface area (Å²) in [6, 6.07) is 0.818. The van der Waals surface area contributed by atoms with E-state index in [1.54, 1.807) is 0 Å². The van der Waals surface area contributed by atoms with Crippen molar-refractivity contribution in [1.29, 1.82) is 0 Å². The van der Waals surface area contributed by atoms with Crippen molar-refractivity contribution in [2.24, 2.45) is 5.92 Å². The molecular weight excluding hydrogens is 340 g/mol. The Morgan fingerprint density at radius 3 is 1.79 bits per heavy atom. The Balaban J connectivity index is 2.66. The van der Waals surface area contributed by atoms with E-state index in [2.05, 4.69) is 51.3 Å². The largest absolute Gasteiger partial charge is 0.298 e. The molecule has 0 amide bonds. The van der Waals surface area contributed by atoms with E-state index in [-0.39, 0.29) is 0 Å². The van der Waals surface area contributed by atoms with Crippen molar-refractivity contribution < 1.29 is 0 Å². The average Bonchev–Trinajstić information content (AvgIpc) is 2.70. The summed E-state index contributed by atoms with van der Waals surface area (Å²) in [5.74, 6) is 0.858. The summed E-state index contributed by atoms with van der Waals surface area (Å²) in [6.07, 6.45) is 18.0. The van der Waals surface area contributed by atoms with Crippen LogP contribution in [0.15, 0.2) is 0 Å². The fourth-order valence-corrected chi connectivity index (χ4v) is 5.47. The standard InChI is InChI=1S/C26H54N2/c1-7-11-14-16-24(5)25(17-15-12-8-2)27-20-22-28(23-21-27)26(6,18-10-4)19-13-9-3/h24-25H,7-23H2,1-6H3. The summed E-state index contributed by atoms with van der Waals surface area (Å²) >= 11 is 0. The molecule has 0 saturated carbocycles. The number of piperazine rings is 1. The Morgan fingerprint density at radius 2 is 1.25 bits per heavy atom.